The van der Waals surface area contributed by atoms with Crippen molar-refractivity contribution in [2.45, 2.75) is 51.6 Å². The van der Waals surface area contributed by atoms with E-state index in [4.69, 9.17) is 0 Å². The third-order valence-corrected chi connectivity index (χ3v) is 6.56. The molecular weight excluding hydrogens is 260 g/mol. The molecule has 0 amide bonds. The molecule has 0 aliphatic heterocycles. The number of hydrogen-bond acceptors (Lipinski definition) is 2. The van der Waals surface area contributed by atoms with Crippen LogP contribution >= 0.6 is 0 Å². The highest BCUT2D eigenvalue weighted by Crippen LogP contribution is 2.60. The molecular formula is C19H24O2. The molecule has 2 nitrogen and oxygen atoms in total. The summed E-state index contributed by atoms with van der Waals surface area (Å²) >= 11 is 0. The van der Waals surface area contributed by atoms with Crippen molar-refractivity contribution < 1.29 is 10.2 Å². The summed E-state index contributed by atoms with van der Waals surface area (Å²) in [6, 6.07) is 3.79. The zero-order valence-electron chi connectivity index (χ0n) is 12.8. The molecule has 1 aromatic rings. The molecule has 21 heavy (non-hydrogen) atoms. The molecule has 4 rings (SSSR count). The molecule has 0 spiro atoms. The van der Waals surface area contributed by atoms with Gasteiger partial charge in [-0.05, 0) is 84.6 Å². The first-order valence-electron chi connectivity index (χ1n) is 8.20. The number of aliphatic hydroxyl groups is 1. The molecule has 112 valence electrons. The molecule has 0 bridgehead atoms. The van der Waals surface area contributed by atoms with Crippen LogP contribution in [0.3, 0.4) is 0 Å². The number of fused-ring (bicyclic) bond motifs is 5. The minimum Gasteiger partial charge on any atom is -0.508 e. The van der Waals surface area contributed by atoms with Gasteiger partial charge in [0.25, 0.3) is 0 Å². The predicted octanol–water partition coefficient (Wildman–Crippen LogP) is 4.00. The van der Waals surface area contributed by atoms with Crippen LogP contribution in [0.15, 0.2) is 18.2 Å². The topological polar surface area (TPSA) is 40.5 Å². The summed E-state index contributed by atoms with van der Waals surface area (Å²) < 4.78 is 0. The SMILES string of the molecule is Cc1cc(O)cc2c1[C@@H]1CC[C@@]3(C)[C@H](CC[C@@H]3O)[C@@H]1C=C2. The molecule has 1 aromatic carbocycles. The van der Waals surface area contributed by atoms with Crippen molar-refractivity contribution in [2.24, 2.45) is 17.3 Å². The molecule has 0 unspecified atom stereocenters. The summed E-state index contributed by atoms with van der Waals surface area (Å²) in [4.78, 5) is 0. The maximum atomic E-state index is 10.4. The van der Waals surface area contributed by atoms with Crippen LogP contribution in [-0.2, 0) is 0 Å². The van der Waals surface area contributed by atoms with E-state index in [-0.39, 0.29) is 11.5 Å². The Morgan fingerprint density at radius 1 is 1.19 bits per heavy atom. The zero-order valence-corrected chi connectivity index (χ0v) is 12.8. The smallest absolute Gasteiger partial charge is 0.116 e. The first kappa shape index (κ1) is 13.4. The number of hydrogen-bond donors (Lipinski definition) is 2. The first-order valence-corrected chi connectivity index (χ1v) is 8.20. The maximum Gasteiger partial charge on any atom is 0.116 e. The monoisotopic (exact) mass is 284 g/mol. The van der Waals surface area contributed by atoms with Gasteiger partial charge in [-0.15, -0.1) is 0 Å². The fourth-order valence-electron chi connectivity index (χ4n) is 5.44. The second-order valence-electron chi connectivity index (χ2n) is 7.55. The normalized spacial score (nSPS) is 40.5. The Morgan fingerprint density at radius 2 is 2.00 bits per heavy atom. The van der Waals surface area contributed by atoms with E-state index in [1.54, 1.807) is 0 Å². The fraction of sp³-hybridized carbons (Fsp3) is 0.579. The van der Waals surface area contributed by atoms with E-state index in [1.165, 1.54) is 16.7 Å². The van der Waals surface area contributed by atoms with Crippen molar-refractivity contribution in [2.75, 3.05) is 0 Å². The molecule has 0 radical (unpaired) electrons. The van der Waals surface area contributed by atoms with Crippen molar-refractivity contribution >= 4 is 6.08 Å². The Kier molecular flexibility index (Phi) is 2.78. The van der Waals surface area contributed by atoms with Gasteiger partial charge in [0, 0.05) is 0 Å². The third kappa shape index (κ3) is 1.75. The fourth-order valence-corrected chi connectivity index (χ4v) is 5.44. The van der Waals surface area contributed by atoms with E-state index in [0.717, 1.165) is 25.7 Å². The van der Waals surface area contributed by atoms with Gasteiger partial charge in [-0.25, -0.2) is 0 Å². The molecule has 3 aliphatic carbocycles. The lowest BCUT2D eigenvalue weighted by molar-refractivity contribution is -0.00803. The summed E-state index contributed by atoms with van der Waals surface area (Å²) in [5, 5.41) is 20.2. The summed E-state index contributed by atoms with van der Waals surface area (Å²) in [5.74, 6) is 2.08. The Labute approximate surface area is 126 Å². The molecule has 2 N–H and O–H groups in total. The van der Waals surface area contributed by atoms with Gasteiger partial charge < -0.3 is 10.2 Å². The van der Waals surface area contributed by atoms with Crippen molar-refractivity contribution in [1.82, 2.24) is 0 Å². The van der Waals surface area contributed by atoms with E-state index in [0.29, 0.717) is 23.5 Å². The Bertz CT molecular complexity index is 618. The lowest BCUT2D eigenvalue weighted by atomic mass is 9.56. The molecule has 5 atom stereocenters. The van der Waals surface area contributed by atoms with Crippen molar-refractivity contribution in [1.29, 1.82) is 0 Å². The van der Waals surface area contributed by atoms with Gasteiger partial charge in [0.15, 0.2) is 0 Å². The summed E-state index contributed by atoms with van der Waals surface area (Å²) in [6.07, 6.45) is 8.80. The van der Waals surface area contributed by atoms with Crippen molar-refractivity contribution in [3.05, 3.63) is 34.9 Å². The highest BCUT2D eigenvalue weighted by Gasteiger charge is 2.53. The molecule has 2 saturated carbocycles. The van der Waals surface area contributed by atoms with Crippen LogP contribution in [0.1, 0.15) is 55.2 Å². The van der Waals surface area contributed by atoms with Crippen molar-refractivity contribution in [3.8, 4) is 5.75 Å². The van der Waals surface area contributed by atoms with E-state index in [1.807, 2.05) is 12.1 Å². The van der Waals surface area contributed by atoms with Gasteiger partial charge in [-0.2, -0.15) is 0 Å². The molecule has 2 fully saturated rings. The molecule has 0 saturated heterocycles. The number of aryl methyl sites for hydroxylation is 1. The number of aliphatic hydroxyl groups excluding tert-OH is 1. The average molecular weight is 284 g/mol. The largest absolute Gasteiger partial charge is 0.508 e. The number of allylic oxidation sites excluding steroid dienone is 1. The highest BCUT2D eigenvalue weighted by atomic mass is 16.3. The molecule has 3 aliphatic rings. The Hall–Kier alpha value is -1.28. The highest BCUT2D eigenvalue weighted by molar-refractivity contribution is 5.63. The van der Waals surface area contributed by atoms with Crippen LogP contribution in [0.5, 0.6) is 5.75 Å². The van der Waals surface area contributed by atoms with Crippen LogP contribution in [-0.4, -0.2) is 16.3 Å². The number of benzene rings is 1. The van der Waals surface area contributed by atoms with Gasteiger partial charge in [0.1, 0.15) is 5.75 Å². The van der Waals surface area contributed by atoms with E-state index < -0.39 is 0 Å². The van der Waals surface area contributed by atoms with Gasteiger partial charge in [0.2, 0.25) is 0 Å². The van der Waals surface area contributed by atoms with E-state index in [2.05, 4.69) is 26.0 Å². The Morgan fingerprint density at radius 3 is 2.81 bits per heavy atom. The lowest BCUT2D eigenvalue weighted by Gasteiger charge is -2.48. The summed E-state index contributed by atoms with van der Waals surface area (Å²) in [7, 11) is 0. The maximum absolute atomic E-state index is 10.4. The second-order valence-corrected chi connectivity index (χ2v) is 7.55. The number of phenolic OH excluding ortho intramolecular Hbond substituents is 1. The molecule has 0 heterocycles. The summed E-state index contributed by atoms with van der Waals surface area (Å²) in [6.45, 7) is 4.41. The quantitative estimate of drug-likeness (QED) is 0.756. The van der Waals surface area contributed by atoms with Gasteiger partial charge in [-0.3, -0.25) is 0 Å². The van der Waals surface area contributed by atoms with Gasteiger partial charge in [0.05, 0.1) is 6.10 Å². The summed E-state index contributed by atoms with van der Waals surface area (Å²) in [5.41, 5.74) is 3.94. The predicted molar refractivity (Wildman–Crippen MR) is 84.2 cm³/mol. The van der Waals surface area contributed by atoms with Gasteiger partial charge >= 0.3 is 0 Å². The van der Waals surface area contributed by atoms with Crippen molar-refractivity contribution in [3.63, 3.8) is 0 Å². The van der Waals surface area contributed by atoms with Crippen LogP contribution in [0.25, 0.3) is 6.08 Å². The van der Waals surface area contributed by atoms with Crippen LogP contribution in [0.4, 0.5) is 0 Å². The molecule has 2 heteroatoms. The van der Waals surface area contributed by atoms with Crippen LogP contribution in [0.2, 0.25) is 0 Å². The number of phenols is 1. The standard InChI is InChI=1S/C19H24O2/c1-11-9-13(20)10-12-3-4-14-15(18(11)12)7-8-19(2)16(14)5-6-17(19)21/h3-4,9-10,14-17,20-21H,5-8H2,1-2H3/t14-,15-,16-,17+,19+/m1/s1. The lowest BCUT2D eigenvalue weighted by Crippen LogP contribution is -2.42. The average Bonchev–Trinajstić information content (AvgIpc) is 2.74. The van der Waals surface area contributed by atoms with Crippen LogP contribution in [0, 0.1) is 24.2 Å². The first-order chi connectivity index (χ1) is 10.0. The van der Waals surface area contributed by atoms with Crippen LogP contribution < -0.4 is 0 Å². The minimum absolute atomic E-state index is 0.105. The Balaban J connectivity index is 1.79. The number of rotatable bonds is 0. The molecule has 0 aromatic heterocycles. The van der Waals surface area contributed by atoms with E-state index in [9.17, 15) is 10.2 Å². The zero-order chi connectivity index (χ0) is 14.8. The number of aromatic hydroxyl groups is 1. The van der Waals surface area contributed by atoms with Gasteiger partial charge in [-0.1, -0.05) is 19.1 Å². The third-order valence-electron chi connectivity index (χ3n) is 6.56. The second kappa shape index (κ2) is 4.36. The minimum atomic E-state index is -0.126. The van der Waals surface area contributed by atoms with E-state index >= 15 is 0 Å².